The van der Waals surface area contributed by atoms with Gasteiger partial charge in [-0.25, -0.2) is 17.2 Å². The van der Waals surface area contributed by atoms with Gasteiger partial charge < -0.3 is 10.6 Å². The Morgan fingerprint density at radius 3 is 2.31 bits per heavy atom. The lowest BCUT2D eigenvalue weighted by atomic mass is 9.97. The third-order valence-corrected chi connectivity index (χ3v) is 6.16. The number of carbonyl (C=O) groups is 2. The number of benzene rings is 1. The van der Waals surface area contributed by atoms with E-state index in [0.717, 1.165) is 10.4 Å². The molecular weight excluding hydrogens is 425 g/mol. The SMILES string of the molecule is O=C(CNC(=O)C1CCN(S(=O)(=O)c2cc(F)ccc2F)CC1)NCC(F)(F)F. The second-order valence-corrected chi connectivity index (χ2v) is 8.27. The highest BCUT2D eigenvalue weighted by Gasteiger charge is 2.34. The topological polar surface area (TPSA) is 95.6 Å². The zero-order valence-electron chi connectivity index (χ0n) is 14.9. The van der Waals surface area contributed by atoms with Crippen LogP contribution in [0, 0.1) is 17.6 Å². The molecule has 7 nitrogen and oxygen atoms in total. The highest BCUT2D eigenvalue weighted by Crippen LogP contribution is 2.26. The third-order valence-electron chi connectivity index (χ3n) is 4.24. The van der Waals surface area contributed by atoms with Crippen molar-refractivity contribution in [3.63, 3.8) is 0 Å². The number of hydrogen-bond acceptors (Lipinski definition) is 4. The highest BCUT2D eigenvalue weighted by molar-refractivity contribution is 7.89. The summed E-state index contributed by atoms with van der Waals surface area (Å²) in [4.78, 5) is 22.5. The molecule has 29 heavy (non-hydrogen) atoms. The van der Waals surface area contributed by atoms with Crippen LogP contribution in [0.3, 0.4) is 0 Å². The van der Waals surface area contributed by atoms with Crippen molar-refractivity contribution in [1.82, 2.24) is 14.9 Å². The van der Waals surface area contributed by atoms with E-state index < -0.39 is 63.6 Å². The number of hydrogen-bond donors (Lipinski definition) is 2. The molecule has 1 heterocycles. The molecule has 0 atom stereocenters. The summed E-state index contributed by atoms with van der Waals surface area (Å²) >= 11 is 0. The third kappa shape index (κ3) is 6.35. The van der Waals surface area contributed by atoms with Crippen LogP contribution in [-0.2, 0) is 19.6 Å². The molecular formula is C16H18F5N3O4S. The average Bonchev–Trinajstić information content (AvgIpc) is 2.65. The lowest BCUT2D eigenvalue weighted by Gasteiger charge is -2.30. The van der Waals surface area contributed by atoms with Gasteiger partial charge in [-0.2, -0.15) is 17.5 Å². The van der Waals surface area contributed by atoms with Crippen LogP contribution in [0.15, 0.2) is 23.1 Å². The fourth-order valence-corrected chi connectivity index (χ4v) is 4.29. The molecule has 0 spiro atoms. The van der Waals surface area contributed by atoms with Crippen LogP contribution in [-0.4, -0.2) is 56.9 Å². The molecule has 0 bridgehead atoms. The van der Waals surface area contributed by atoms with E-state index >= 15 is 0 Å². The first-order chi connectivity index (χ1) is 13.4. The number of halogens is 5. The second-order valence-electron chi connectivity index (χ2n) is 6.36. The number of nitrogens with one attached hydrogen (secondary N) is 2. The smallest absolute Gasteiger partial charge is 0.347 e. The fraction of sp³-hybridized carbons (Fsp3) is 0.500. The van der Waals surface area contributed by atoms with Crippen LogP contribution in [0.25, 0.3) is 0 Å². The van der Waals surface area contributed by atoms with Gasteiger partial charge in [0.15, 0.2) is 0 Å². The van der Waals surface area contributed by atoms with Crippen LogP contribution in [0.5, 0.6) is 0 Å². The van der Waals surface area contributed by atoms with Crippen molar-refractivity contribution in [1.29, 1.82) is 0 Å². The summed E-state index contributed by atoms with van der Waals surface area (Å²) in [6, 6.07) is 2.06. The van der Waals surface area contributed by atoms with Crippen molar-refractivity contribution in [2.24, 2.45) is 5.92 Å². The summed E-state index contributed by atoms with van der Waals surface area (Å²) in [5.41, 5.74) is 0. The van der Waals surface area contributed by atoms with Gasteiger partial charge in [0, 0.05) is 19.0 Å². The molecule has 0 aromatic heterocycles. The van der Waals surface area contributed by atoms with E-state index in [1.807, 2.05) is 0 Å². The normalized spacial score (nSPS) is 16.4. The van der Waals surface area contributed by atoms with Crippen LogP contribution >= 0.6 is 0 Å². The lowest BCUT2D eigenvalue weighted by molar-refractivity contribution is -0.138. The molecule has 1 aromatic carbocycles. The Hall–Kier alpha value is -2.28. The molecule has 1 aromatic rings. The van der Waals surface area contributed by atoms with Gasteiger partial charge in [0.1, 0.15) is 23.1 Å². The number of amides is 2. The van der Waals surface area contributed by atoms with Crippen LogP contribution in [0.2, 0.25) is 0 Å². The highest BCUT2D eigenvalue weighted by atomic mass is 32.2. The molecule has 162 valence electrons. The maximum Gasteiger partial charge on any atom is 0.405 e. The first-order valence-corrected chi connectivity index (χ1v) is 9.90. The minimum absolute atomic E-state index is 0.0478. The Labute approximate surface area is 163 Å². The number of piperidine rings is 1. The predicted molar refractivity (Wildman–Crippen MR) is 89.9 cm³/mol. The Kier molecular flexibility index (Phi) is 7.16. The van der Waals surface area contributed by atoms with E-state index in [1.54, 1.807) is 5.32 Å². The van der Waals surface area contributed by atoms with E-state index in [1.165, 1.54) is 0 Å². The van der Waals surface area contributed by atoms with Gasteiger partial charge in [-0.1, -0.05) is 0 Å². The molecule has 13 heteroatoms. The minimum Gasteiger partial charge on any atom is -0.347 e. The minimum atomic E-state index is -4.57. The summed E-state index contributed by atoms with van der Waals surface area (Å²) in [6.45, 7) is -2.45. The molecule has 1 fully saturated rings. The van der Waals surface area contributed by atoms with Gasteiger partial charge in [0.05, 0.1) is 6.54 Å². The molecule has 0 radical (unpaired) electrons. The van der Waals surface area contributed by atoms with Crippen molar-refractivity contribution in [2.75, 3.05) is 26.2 Å². The van der Waals surface area contributed by atoms with Gasteiger partial charge in [0.25, 0.3) is 0 Å². The number of nitrogens with zero attached hydrogens (tertiary/aromatic N) is 1. The standard InChI is InChI=1S/C16H18F5N3O4S/c17-11-1-2-12(18)13(7-11)29(27,28)24-5-3-10(4-6-24)15(26)22-8-14(25)23-9-16(19,20)21/h1-2,7,10H,3-6,8-9H2,(H,22,26)(H,23,25). The van der Waals surface area contributed by atoms with Gasteiger partial charge in [-0.3, -0.25) is 9.59 Å². The first-order valence-electron chi connectivity index (χ1n) is 8.46. The Morgan fingerprint density at radius 1 is 1.10 bits per heavy atom. The Bertz CT molecular complexity index is 868. The Balaban J connectivity index is 1.87. The summed E-state index contributed by atoms with van der Waals surface area (Å²) in [5.74, 6) is -4.31. The van der Waals surface area contributed by atoms with E-state index in [2.05, 4.69) is 5.32 Å². The molecule has 1 aliphatic rings. The van der Waals surface area contributed by atoms with Gasteiger partial charge in [-0.05, 0) is 31.0 Å². The van der Waals surface area contributed by atoms with Crippen molar-refractivity contribution in [3.05, 3.63) is 29.8 Å². The molecule has 2 rings (SSSR count). The van der Waals surface area contributed by atoms with Gasteiger partial charge in [0.2, 0.25) is 21.8 Å². The van der Waals surface area contributed by atoms with Gasteiger partial charge in [-0.15, -0.1) is 0 Å². The van der Waals surface area contributed by atoms with Crippen molar-refractivity contribution >= 4 is 21.8 Å². The zero-order chi connectivity index (χ0) is 21.8. The maximum absolute atomic E-state index is 13.8. The van der Waals surface area contributed by atoms with Crippen LogP contribution < -0.4 is 10.6 Å². The van der Waals surface area contributed by atoms with E-state index in [-0.39, 0.29) is 25.9 Å². The second kappa shape index (κ2) is 9.03. The van der Waals surface area contributed by atoms with E-state index in [9.17, 15) is 40.0 Å². The molecule has 1 saturated heterocycles. The molecule has 2 amide bonds. The quantitative estimate of drug-likeness (QED) is 0.645. The van der Waals surface area contributed by atoms with Crippen LogP contribution in [0.4, 0.5) is 22.0 Å². The number of carbonyl (C=O) groups excluding carboxylic acids is 2. The fourth-order valence-electron chi connectivity index (χ4n) is 2.75. The van der Waals surface area contributed by atoms with E-state index in [0.29, 0.717) is 12.1 Å². The maximum atomic E-state index is 13.8. The number of alkyl halides is 3. The number of sulfonamides is 1. The summed E-state index contributed by atoms with van der Waals surface area (Å²) in [7, 11) is -4.30. The van der Waals surface area contributed by atoms with Crippen molar-refractivity contribution in [3.8, 4) is 0 Å². The Morgan fingerprint density at radius 2 is 1.72 bits per heavy atom. The largest absolute Gasteiger partial charge is 0.405 e. The molecule has 0 aliphatic carbocycles. The molecule has 1 aliphatic heterocycles. The zero-order valence-corrected chi connectivity index (χ0v) is 15.7. The summed E-state index contributed by atoms with van der Waals surface area (Å²) in [5, 5.41) is 3.80. The van der Waals surface area contributed by atoms with Crippen molar-refractivity contribution < 1.29 is 40.0 Å². The predicted octanol–water partition coefficient (Wildman–Crippen LogP) is 1.16. The summed E-state index contributed by atoms with van der Waals surface area (Å²) in [6.07, 6.45) is -4.47. The monoisotopic (exact) mass is 443 g/mol. The van der Waals surface area contributed by atoms with E-state index in [4.69, 9.17) is 0 Å². The molecule has 0 saturated carbocycles. The van der Waals surface area contributed by atoms with Crippen molar-refractivity contribution in [2.45, 2.75) is 23.9 Å². The lowest BCUT2D eigenvalue weighted by Crippen LogP contribution is -2.46. The average molecular weight is 443 g/mol. The molecule has 2 N–H and O–H groups in total. The van der Waals surface area contributed by atoms with Crippen LogP contribution in [0.1, 0.15) is 12.8 Å². The molecule has 0 unspecified atom stereocenters. The summed E-state index contributed by atoms with van der Waals surface area (Å²) < 4.78 is 89.0. The number of rotatable bonds is 6. The van der Waals surface area contributed by atoms with Gasteiger partial charge >= 0.3 is 6.18 Å². The first kappa shape index (κ1) is 23.0.